The summed E-state index contributed by atoms with van der Waals surface area (Å²) in [7, 11) is 0. The van der Waals surface area contributed by atoms with Crippen LogP contribution in [0.4, 0.5) is 5.69 Å². The van der Waals surface area contributed by atoms with E-state index in [-0.39, 0.29) is 11.1 Å². The lowest BCUT2D eigenvalue weighted by molar-refractivity contribution is 0.102. The van der Waals surface area contributed by atoms with Crippen molar-refractivity contribution in [3.8, 4) is 0 Å². The minimum absolute atomic E-state index is 0.0227. The normalized spacial score (nSPS) is 11.2. The summed E-state index contributed by atoms with van der Waals surface area (Å²) in [6.45, 7) is 1.89. The van der Waals surface area contributed by atoms with Crippen LogP contribution in [0.2, 0.25) is 0 Å². The molecule has 7 heteroatoms. The van der Waals surface area contributed by atoms with Crippen molar-refractivity contribution in [2.45, 2.75) is 6.92 Å². The molecule has 3 heterocycles. The maximum absolute atomic E-state index is 12.4. The van der Waals surface area contributed by atoms with Gasteiger partial charge in [0.25, 0.3) is 11.5 Å². The number of anilines is 1. The number of benzene rings is 1. The highest BCUT2D eigenvalue weighted by Gasteiger charge is 2.15. The molecule has 0 atom stereocenters. The molecule has 0 spiro atoms. The molecule has 6 nitrogen and oxygen atoms in total. The van der Waals surface area contributed by atoms with Crippen molar-refractivity contribution < 1.29 is 4.79 Å². The van der Waals surface area contributed by atoms with Crippen LogP contribution < -0.4 is 10.9 Å². The molecule has 1 aromatic carbocycles. The van der Waals surface area contributed by atoms with Crippen LogP contribution in [0.15, 0.2) is 47.7 Å². The van der Waals surface area contributed by atoms with Crippen LogP contribution in [-0.2, 0) is 0 Å². The molecule has 0 fully saturated rings. The Hall–Kier alpha value is -2.93. The second kappa shape index (κ2) is 5.06. The van der Waals surface area contributed by atoms with Gasteiger partial charge in [-0.25, -0.2) is 4.98 Å². The molecule has 1 amide bonds. The minimum atomic E-state index is -0.462. The molecule has 0 aliphatic rings. The number of hydrogen-bond donors (Lipinski definition) is 2. The number of nitrogens with zero attached hydrogens (tertiary/aromatic N) is 2. The van der Waals surface area contributed by atoms with Crippen LogP contribution in [-0.4, -0.2) is 20.3 Å². The van der Waals surface area contributed by atoms with E-state index >= 15 is 0 Å². The molecule has 23 heavy (non-hydrogen) atoms. The molecule has 4 aromatic rings. The van der Waals surface area contributed by atoms with Crippen LogP contribution in [0.1, 0.15) is 15.2 Å². The fraction of sp³-hybridized carbons (Fsp3) is 0.0625. The van der Waals surface area contributed by atoms with E-state index in [1.54, 1.807) is 12.3 Å². The molecule has 0 bridgehead atoms. The fourth-order valence-electron chi connectivity index (χ4n) is 2.48. The van der Waals surface area contributed by atoms with Gasteiger partial charge in [0.1, 0.15) is 5.56 Å². The van der Waals surface area contributed by atoms with Gasteiger partial charge in [-0.15, -0.1) is 11.3 Å². The van der Waals surface area contributed by atoms with Gasteiger partial charge in [0.2, 0.25) is 0 Å². The Morgan fingerprint density at radius 3 is 3.09 bits per heavy atom. The molecule has 3 aromatic heterocycles. The number of carbonyl (C=O) groups is 1. The second-order valence-corrected chi connectivity index (χ2v) is 6.42. The van der Waals surface area contributed by atoms with Crippen molar-refractivity contribution >= 4 is 38.8 Å². The zero-order chi connectivity index (χ0) is 16.0. The maximum Gasteiger partial charge on any atom is 0.271 e. The Balaban J connectivity index is 1.71. The standard InChI is InChI=1S/C16H12N4O2S/c1-9-8-20-15(22)12(7-18-16(20)23-9)14(21)19-11-2-3-13-10(6-11)4-5-17-13/h2-8,17H,1H3,(H,19,21). The maximum atomic E-state index is 12.4. The average molecular weight is 324 g/mol. The van der Waals surface area contributed by atoms with Crippen molar-refractivity contribution in [2.75, 3.05) is 5.32 Å². The van der Waals surface area contributed by atoms with Crippen molar-refractivity contribution in [1.82, 2.24) is 14.4 Å². The zero-order valence-corrected chi connectivity index (χ0v) is 13.0. The molecular formula is C16H12N4O2S. The topological polar surface area (TPSA) is 79.3 Å². The number of thiazole rings is 1. The van der Waals surface area contributed by atoms with Crippen LogP contribution in [0.25, 0.3) is 15.9 Å². The summed E-state index contributed by atoms with van der Waals surface area (Å²) < 4.78 is 1.41. The summed E-state index contributed by atoms with van der Waals surface area (Å²) in [5.74, 6) is -0.462. The molecule has 0 aliphatic heterocycles. The Bertz CT molecular complexity index is 1110. The average Bonchev–Trinajstić information content (AvgIpc) is 3.13. The Morgan fingerprint density at radius 1 is 1.35 bits per heavy atom. The molecular weight excluding hydrogens is 312 g/mol. The van der Waals surface area contributed by atoms with Crippen LogP contribution in [0.3, 0.4) is 0 Å². The van der Waals surface area contributed by atoms with E-state index in [4.69, 9.17) is 0 Å². The Morgan fingerprint density at radius 2 is 2.22 bits per heavy atom. The van der Waals surface area contributed by atoms with E-state index in [2.05, 4.69) is 15.3 Å². The molecule has 0 aliphatic carbocycles. The van der Waals surface area contributed by atoms with Crippen molar-refractivity contribution in [3.05, 3.63) is 63.7 Å². The predicted octanol–water partition coefficient (Wildman–Crippen LogP) is 2.80. The van der Waals surface area contributed by atoms with Crippen LogP contribution in [0.5, 0.6) is 0 Å². The number of nitrogens with one attached hydrogen (secondary N) is 2. The number of carbonyl (C=O) groups excluding carboxylic acids is 1. The first-order valence-corrected chi connectivity index (χ1v) is 7.80. The van der Waals surface area contributed by atoms with E-state index in [0.717, 1.165) is 15.8 Å². The summed E-state index contributed by atoms with van der Waals surface area (Å²) in [5.41, 5.74) is 1.28. The largest absolute Gasteiger partial charge is 0.361 e. The van der Waals surface area contributed by atoms with E-state index < -0.39 is 5.91 Å². The first kappa shape index (κ1) is 13.7. The number of aromatic amines is 1. The third-order valence-electron chi connectivity index (χ3n) is 3.58. The predicted molar refractivity (Wildman–Crippen MR) is 90.3 cm³/mol. The van der Waals surface area contributed by atoms with Gasteiger partial charge in [0.15, 0.2) is 4.96 Å². The first-order valence-electron chi connectivity index (χ1n) is 6.98. The monoisotopic (exact) mass is 324 g/mol. The first-order chi connectivity index (χ1) is 11.1. The summed E-state index contributed by atoms with van der Waals surface area (Å²) in [4.78, 5) is 33.6. The van der Waals surface area contributed by atoms with E-state index in [1.165, 1.54) is 21.9 Å². The van der Waals surface area contributed by atoms with E-state index in [9.17, 15) is 9.59 Å². The van der Waals surface area contributed by atoms with Gasteiger partial charge in [-0.05, 0) is 31.2 Å². The van der Waals surface area contributed by atoms with Crippen molar-refractivity contribution in [3.63, 3.8) is 0 Å². The number of aryl methyl sites for hydroxylation is 1. The lowest BCUT2D eigenvalue weighted by atomic mass is 10.2. The lowest BCUT2D eigenvalue weighted by Crippen LogP contribution is -2.25. The highest BCUT2D eigenvalue weighted by molar-refractivity contribution is 7.16. The zero-order valence-electron chi connectivity index (χ0n) is 12.2. The van der Waals surface area contributed by atoms with E-state index in [0.29, 0.717) is 10.6 Å². The molecule has 4 rings (SSSR count). The smallest absolute Gasteiger partial charge is 0.271 e. The van der Waals surface area contributed by atoms with Gasteiger partial charge in [0.05, 0.1) is 0 Å². The molecule has 0 radical (unpaired) electrons. The summed E-state index contributed by atoms with van der Waals surface area (Å²) in [5, 5.41) is 3.74. The third kappa shape index (κ3) is 2.31. The number of aromatic nitrogens is 3. The number of fused-ring (bicyclic) bond motifs is 2. The highest BCUT2D eigenvalue weighted by Crippen LogP contribution is 2.18. The van der Waals surface area contributed by atoms with Gasteiger partial charge < -0.3 is 10.3 Å². The molecule has 2 N–H and O–H groups in total. The molecule has 114 valence electrons. The minimum Gasteiger partial charge on any atom is -0.361 e. The van der Waals surface area contributed by atoms with Gasteiger partial charge in [-0.3, -0.25) is 14.0 Å². The van der Waals surface area contributed by atoms with Crippen LogP contribution >= 0.6 is 11.3 Å². The van der Waals surface area contributed by atoms with Crippen LogP contribution in [0, 0.1) is 6.92 Å². The summed E-state index contributed by atoms with van der Waals surface area (Å²) in [6.07, 6.45) is 4.86. The Kier molecular flexibility index (Phi) is 3.02. The molecule has 0 saturated heterocycles. The number of amides is 1. The fourth-order valence-corrected chi connectivity index (χ4v) is 3.27. The second-order valence-electron chi connectivity index (χ2n) is 5.21. The van der Waals surface area contributed by atoms with Crippen molar-refractivity contribution in [2.24, 2.45) is 0 Å². The van der Waals surface area contributed by atoms with Gasteiger partial charge in [-0.2, -0.15) is 0 Å². The SMILES string of the molecule is Cc1cn2c(=O)c(C(=O)Nc3ccc4[nH]ccc4c3)cnc2s1. The summed E-state index contributed by atoms with van der Waals surface area (Å²) >= 11 is 1.41. The van der Waals surface area contributed by atoms with Gasteiger partial charge in [0, 0.05) is 40.1 Å². The molecule has 0 saturated carbocycles. The molecule has 0 unspecified atom stereocenters. The van der Waals surface area contributed by atoms with E-state index in [1.807, 2.05) is 31.3 Å². The Labute approximate surface area is 134 Å². The number of H-pyrrole nitrogens is 1. The quantitative estimate of drug-likeness (QED) is 0.595. The third-order valence-corrected chi connectivity index (χ3v) is 4.49. The summed E-state index contributed by atoms with van der Waals surface area (Å²) in [6, 6.07) is 7.43. The number of rotatable bonds is 2. The van der Waals surface area contributed by atoms with Gasteiger partial charge in [-0.1, -0.05) is 0 Å². The number of hydrogen-bond acceptors (Lipinski definition) is 4. The highest BCUT2D eigenvalue weighted by atomic mass is 32.1. The van der Waals surface area contributed by atoms with Crippen molar-refractivity contribution in [1.29, 1.82) is 0 Å². The van der Waals surface area contributed by atoms with Gasteiger partial charge >= 0.3 is 0 Å². The lowest BCUT2D eigenvalue weighted by Gasteiger charge is -2.05.